The number of hydrogen-bond acceptors (Lipinski definition) is 2. The summed E-state index contributed by atoms with van der Waals surface area (Å²) in [6.45, 7) is 5.78. The number of phenols is 1. The molecule has 88 valence electrons. The second kappa shape index (κ2) is 5.69. The van der Waals surface area contributed by atoms with E-state index in [9.17, 15) is 9.90 Å². The molecule has 1 unspecified atom stereocenters. The summed E-state index contributed by atoms with van der Waals surface area (Å²) in [5.74, 6) is 0.974. The normalized spacial score (nSPS) is 12.4. The highest BCUT2D eigenvalue weighted by atomic mass is 16.3. The Morgan fingerprint density at radius 1 is 1.44 bits per heavy atom. The Morgan fingerprint density at radius 3 is 2.62 bits per heavy atom. The summed E-state index contributed by atoms with van der Waals surface area (Å²) in [5, 5.41) is 9.36. The van der Waals surface area contributed by atoms with Gasteiger partial charge in [-0.2, -0.15) is 0 Å². The van der Waals surface area contributed by atoms with Crippen LogP contribution < -0.4 is 0 Å². The maximum absolute atomic E-state index is 11.0. The quantitative estimate of drug-likeness (QED) is 0.823. The van der Waals surface area contributed by atoms with Crippen molar-refractivity contribution in [3.8, 4) is 5.75 Å². The van der Waals surface area contributed by atoms with Crippen LogP contribution in [0.2, 0.25) is 0 Å². The van der Waals surface area contributed by atoms with Gasteiger partial charge in [-0.15, -0.1) is 0 Å². The van der Waals surface area contributed by atoms with E-state index in [1.54, 1.807) is 19.1 Å². The zero-order valence-corrected chi connectivity index (χ0v) is 10.3. The topological polar surface area (TPSA) is 37.3 Å². The fourth-order valence-electron chi connectivity index (χ4n) is 2.07. The summed E-state index contributed by atoms with van der Waals surface area (Å²) < 4.78 is 0. The number of phenolic OH excluding ortho intramolecular Hbond substituents is 1. The van der Waals surface area contributed by atoms with Crippen LogP contribution in [0.3, 0.4) is 0 Å². The summed E-state index contributed by atoms with van der Waals surface area (Å²) in [6.07, 6.45) is 2.56. The largest absolute Gasteiger partial charge is 0.508 e. The second-order valence-corrected chi connectivity index (χ2v) is 4.39. The van der Waals surface area contributed by atoms with Crippen molar-refractivity contribution in [1.82, 2.24) is 0 Å². The van der Waals surface area contributed by atoms with Gasteiger partial charge in [-0.1, -0.05) is 13.0 Å². The van der Waals surface area contributed by atoms with Crippen molar-refractivity contribution in [3.05, 3.63) is 29.3 Å². The Kier molecular flexibility index (Phi) is 4.53. The lowest BCUT2D eigenvalue weighted by atomic mass is 9.88. The molecule has 0 aromatic heterocycles. The number of Topliss-reactive ketones (excluding diaryl/α,β-unsaturated/α-hetero) is 1. The van der Waals surface area contributed by atoms with Crippen LogP contribution in [-0.4, -0.2) is 10.9 Å². The predicted molar refractivity (Wildman–Crippen MR) is 65.8 cm³/mol. The zero-order chi connectivity index (χ0) is 12.1. The van der Waals surface area contributed by atoms with Crippen LogP contribution >= 0.6 is 0 Å². The molecule has 1 N–H and O–H groups in total. The van der Waals surface area contributed by atoms with E-state index in [4.69, 9.17) is 0 Å². The van der Waals surface area contributed by atoms with Crippen LogP contribution in [0, 0.1) is 6.92 Å². The Balaban J connectivity index is 2.82. The predicted octanol–water partition coefficient (Wildman–Crippen LogP) is 3.56. The lowest BCUT2D eigenvalue weighted by Gasteiger charge is -2.17. The number of carbonyl (C=O) groups is 1. The van der Waals surface area contributed by atoms with Crippen LogP contribution in [0.25, 0.3) is 0 Å². The highest BCUT2D eigenvalue weighted by Gasteiger charge is 2.12. The maximum atomic E-state index is 11.0. The number of carbonyl (C=O) groups excluding carboxylic acids is 1. The number of rotatable bonds is 5. The summed E-state index contributed by atoms with van der Waals surface area (Å²) in [4.78, 5) is 11.0. The van der Waals surface area contributed by atoms with Gasteiger partial charge in [0.25, 0.3) is 0 Å². The van der Waals surface area contributed by atoms with Crippen molar-refractivity contribution < 1.29 is 9.90 Å². The van der Waals surface area contributed by atoms with Crippen LogP contribution in [0.15, 0.2) is 18.2 Å². The first-order valence-electron chi connectivity index (χ1n) is 5.83. The maximum Gasteiger partial charge on any atom is 0.129 e. The lowest BCUT2D eigenvalue weighted by Crippen LogP contribution is -2.02. The van der Waals surface area contributed by atoms with Gasteiger partial charge in [0.1, 0.15) is 11.5 Å². The minimum Gasteiger partial charge on any atom is -0.508 e. The van der Waals surface area contributed by atoms with Crippen LogP contribution in [-0.2, 0) is 4.79 Å². The van der Waals surface area contributed by atoms with Gasteiger partial charge < -0.3 is 9.90 Å². The molecule has 1 rings (SSSR count). The van der Waals surface area contributed by atoms with E-state index in [0.29, 0.717) is 18.1 Å². The lowest BCUT2D eigenvalue weighted by molar-refractivity contribution is -0.117. The first-order valence-corrected chi connectivity index (χ1v) is 5.83. The molecule has 0 aliphatic carbocycles. The van der Waals surface area contributed by atoms with Gasteiger partial charge in [0.15, 0.2) is 0 Å². The molecule has 16 heavy (non-hydrogen) atoms. The third-order valence-corrected chi connectivity index (χ3v) is 3.03. The van der Waals surface area contributed by atoms with Gasteiger partial charge >= 0.3 is 0 Å². The van der Waals surface area contributed by atoms with Gasteiger partial charge in [0.05, 0.1) is 0 Å². The first-order chi connectivity index (χ1) is 7.54. The first kappa shape index (κ1) is 12.8. The van der Waals surface area contributed by atoms with Crippen molar-refractivity contribution >= 4 is 5.78 Å². The van der Waals surface area contributed by atoms with Gasteiger partial charge in [0, 0.05) is 6.42 Å². The molecule has 1 atom stereocenters. The van der Waals surface area contributed by atoms with E-state index >= 15 is 0 Å². The fraction of sp³-hybridized carbons (Fsp3) is 0.500. The standard InChI is InChI=1S/C14H20O2/c1-4-12(6-5-11(3)15)14-8-7-13(16)9-10(14)2/h7-9,12,16H,4-6H2,1-3H3. The minimum atomic E-state index is 0.245. The third-order valence-electron chi connectivity index (χ3n) is 3.03. The van der Waals surface area contributed by atoms with Crippen molar-refractivity contribution in [3.63, 3.8) is 0 Å². The summed E-state index contributed by atoms with van der Waals surface area (Å²) in [5.41, 5.74) is 2.36. The Labute approximate surface area is 97.3 Å². The molecule has 0 spiro atoms. The van der Waals surface area contributed by atoms with Crippen molar-refractivity contribution in [2.24, 2.45) is 0 Å². The smallest absolute Gasteiger partial charge is 0.129 e. The Hall–Kier alpha value is -1.31. The third kappa shape index (κ3) is 3.37. The van der Waals surface area contributed by atoms with E-state index in [0.717, 1.165) is 18.4 Å². The molecule has 0 bridgehead atoms. The average Bonchev–Trinajstić information content (AvgIpc) is 2.21. The van der Waals surface area contributed by atoms with E-state index < -0.39 is 0 Å². The Bertz CT molecular complexity index is 369. The molecule has 0 aliphatic heterocycles. The van der Waals surface area contributed by atoms with Crippen molar-refractivity contribution in [2.75, 3.05) is 0 Å². The SMILES string of the molecule is CCC(CCC(C)=O)c1ccc(O)cc1C. The molecule has 0 amide bonds. The number of hydrogen-bond donors (Lipinski definition) is 1. The molecule has 0 saturated heterocycles. The van der Waals surface area contributed by atoms with Crippen molar-refractivity contribution in [2.45, 2.75) is 46.0 Å². The summed E-state index contributed by atoms with van der Waals surface area (Å²) in [7, 11) is 0. The average molecular weight is 220 g/mol. The van der Waals surface area contributed by atoms with Gasteiger partial charge in [0.2, 0.25) is 0 Å². The minimum absolute atomic E-state index is 0.245. The number of ketones is 1. The van der Waals surface area contributed by atoms with E-state index in [2.05, 4.69) is 6.92 Å². The summed E-state index contributed by atoms with van der Waals surface area (Å²) in [6, 6.07) is 5.48. The number of aryl methyl sites for hydroxylation is 1. The molecule has 1 aromatic rings. The fourth-order valence-corrected chi connectivity index (χ4v) is 2.07. The van der Waals surface area contributed by atoms with E-state index in [1.165, 1.54) is 5.56 Å². The molecular formula is C14H20O2. The second-order valence-electron chi connectivity index (χ2n) is 4.39. The monoisotopic (exact) mass is 220 g/mol. The Morgan fingerprint density at radius 2 is 2.12 bits per heavy atom. The molecule has 2 nitrogen and oxygen atoms in total. The van der Waals surface area contributed by atoms with Crippen LogP contribution in [0.4, 0.5) is 0 Å². The summed E-state index contributed by atoms with van der Waals surface area (Å²) >= 11 is 0. The molecule has 0 saturated carbocycles. The van der Waals surface area contributed by atoms with Gasteiger partial charge in [-0.05, 0) is 55.9 Å². The molecule has 0 aliphatic rings. The number of aromatic hydroxyl groups is 1. The molecule has 0 radical (unpaired) electrons. The van der Waals surface area contributed by atoms with E-state index in [1.807, 2.05) is 13.0 Å². The highest BCUT2D eigenvalue weighted by molar-refractivity contribution is 5.75. The van der Waals surface area contributed by atoms with Gasteiger partial charge in [-0.25, -0.2) is 0 Å². The molecule has 0 heterocycles. The highest BCUT2D eigenvalue weighted by Crippen LogP contribution is 2.29. The zero-order valence-electron chi connectivity index (χ0n) is 10.3. The van der Waals surface area contributed by atoms with Crippen molar-refractivity contribution in [1.29, 1.82) is 0 Å². The molecule has 1 aromatic carbocycles. The number of benzene rings is 1. The molecule has 2 heteroatoms. The van der Waals surface area contributed by atoms with Crippen LogP contribution in [0.5, 0.6) is 5.75 Å². The van der Waals surface area contributed by atoms with Crippen LogP contribution in [0.1, 0.15) is 50.2 Å². The molecule has 0 fully saturated rings. The van der Waals surface area contributed by atoms with E-state index in [-0.39, 0.29) is 5.78 Å². The van der Waals surface area contributed by atoms with Gasteiger partial charge in [-0.3, -0.25) is 0 Å². The molecular weight excluding hydrogens is 200 g/mol.